The number of hydrogen-bond acceptors (Lipinski definition) is 3. The van der Waals surface area contributed by atoms with Crippen LogP contribution in [-0.2, 0) is 34.8 Å². The predicted octanol–water partition coefficient (Wildman–Crippen LogP) is 6.57. The van der Waals surface area contributed by atoms with Gasteiger partial charge in [-0.2, -0.15) is 0 Å². The van der Waals surface area contributed by atoms with Crippen LogP contribution in [0.3, 0.4) is 0 Å². The summed E-state index contributed by atoms with van der Waals surface area (Å²) in [5.41, 5.74) is 2.94. The molecule has 1 fully saturated rings. The zero-order chi connectivity index (χ0) is 29.6. The van der Waals surface area contributed by atoms with Gasteiger partial charge in [-0.15, -0.1) is 0 Å². The van der Waals surface area contributed by atoms with Gasteiger partial charge in [-0.1, -0.05) is 49.7 Å². The predicted molar refractivity (Wildman–Crippen MR) is 168 cm³/mol. The van der Waals surface area contributed by atoms with Gasteiger partial charge in [0.15, 0.2) is 0 Å². The molecule has 4 atom stereocenters. The third kappa shape index (κ3) is 5.96. The van der Waals surface area contributed by atoms with Crippen LogP contribution in [0.1, 0.15) is 49.6 Å². The third-order valence-corrected chi connectivity index (χ3v) is 12.5. The Hall–Kier alpha value is -2.90. The molecule has 2 aliphatic rings. The van der Waals surface area contributed by atoms with E-state index in [1.54, 1.807) is 36.5 Å². The largest absolute Gasteiger partial charge is 0.337 e. The average molecular weight is 623 g/mol. The van der Waals surface area contributed by atoms with Crippen molar-refractivity contribution in [2.45, 2.75) is 49.5 Å². The lowest BCUT2D eigenvalue weighted by atomic mass is 9.81. The van der Waals surface area contributed by atoms with Gasteiger partial charge >= 0.3 is 0 Å². The van der Waals surface area contributed by atoms with Gasteiger partial charge in [0.05, 0.1) is 11.4 Å². The number of carbonyl (C=O) groups excluding carboxylic acids is 1. The minimum absolute atomic E-state index is 0.0298. The number of carbonyl (C=O) groups is 1. The Morgan fingerprint density at radius 1 is 1.19 bits per heavy atom. The zero-order valence-corrected chi connectivity index (χ0v) is 26.2. The van der Waals surface area contributed by atoms with Crippen molar-refractivity contribution in [3.63, 3.8) is 0 Å². The summed E-state index contributed by atoms with van der Waals surface area (Å²) in [6.07, 6.45) is 6.17. The zero-order valence-electron chi connectivity index (χ0n) is 23.8. The summed E-state index contributed by atoms with van der Waals surface area (Å²) in [5.74, 6) is 0.414. The molecular weight excluding hydrogens is 590 g/mol. The van der Waals surface area contributed by atoms with Crippen LogP contribution in [0.2, 0.25) is 5.02 Å². The van der Waals surface area contributed by atoms with Crippen LogP contribution in [0.25, 0.3) is 0 Å². The van der Waals surface area contributed by atoms with Crippen LogP contribution in [0.15, 0.2) is 84.0 Å². The van der Waals surface area contributed by atoms with E-state index in [2.05, 4.69) is 35.5 Å². The molecule has 1 amide bonds. The molecule has 1 saturated carbocycles. The number of anilines is 1. The molecule has 0 saturated heterocycles. The van der Waals surface area contributed by atoms with Crippen molar-refractivity contribution in [2.75, 3.05) is 11.1 Å². The van der Waals surface area contributed by atoms with Crippen molar-refractivity contribution >= 4 is 47.6 Å². The maximum Gasteiger partial charge on any atom is 0.231 e. The first kappa shape index (κ1) is 29.2. The lowest BCUT2D eigenvalue weighted by Crippen LogP contribution is -2.37. The van der Waals surface area contributed by atoms with Crippen molar-refractivity contribution in [1.82, 2.24) is 14.0 Å². The van der Waals surface area contributed by atoms with E-state index < -0.39 is 19.1 Å². The molecule has 1 aromatic heterocycles. The number of amides is 1. The number of rotatable bonds is 8. The second kappa shape index (κ2) is 11.6. The van der Waals surface area contributed by atoms with Crippen molar-refractivity contribution in [2.24, 2.45) is 13.0 Å². The minimum atomic E-state index is -1.43. The normalized spacial score (nSPS) is 21.4. The van der Waals surface area contributed by atoms with Gasteiger partial charge in [0.25, 0.3) is 0 Å². The van der Waals surface area contributed by atoms with Crippen molar-refractivity contribution in [3.8, 4) is 0 Å². The Labute approximate surface area is 254 Å². The molecule has 4 aromatic rings. The average Bonchev–Trinajstić information content (AvgIpc) is 3.67. The highest BCUT2D eigenvalue weighted by molar-refractivity contribution is 7.91. The van der Waals surface area contributed by atoms with E-state index >= 15 is 0 Å². The van der Waals surface area contributed by atoms with Crippen molar-refractivity contribution in [1.29, 1.82) is 0 Å². The first-order chi connectivity index (χ1) is 20.1. The molecular formula is C32H33ClFN4O2PS. The first-order valence-electron chi connectivity index (χ1n) is 14.0. The van der Waals surface area contributed by atoms with Crippen LogP contribution in [0.4, 0.5) is 10.1 Å². The Kier molecular flexibility index (Phi) is 8.09. The summed E-state index contributed by atoms with van der Waals surface area (Å²) >= 11 is 6.17. The number of nitrogens with one attached hydrogen (secondary N) is 1. The van der Waals surface area contributed by atoms with E-state index in [1.165, 1.54) is 17.7 Å². The van der Waals surface area contributed by atoms with E-state index in [1.807, 2.05) is 34.8 Å². The molecule has 1 N–H and O–H groups in total. The summed E-state index contributed by atoms with van der Waals surface area (Å²) in [7, 11) is -0.477. The smallest absolute Gasteiger partial charge is 0.231 e. The standard InChI is InChI=1S/C32H33ClFN4O2PS/c1-32(2)13-16-41(36-42(40)25-6-4-5-22(33)17-25)29-18-24(11-12-28(29)32)38(20-30-35-14-15-37(30)3)31(39)27-19-26(27)21-7-9-23(34)10-8-21/h4-12,14-15,17-18,26-27,36H,13,16,19-20H2,1-3H3. The number of aromatic nitrogens is 2. The van der Waals surface area contributed by atoms with Crippen LogP contribution in [0.5, 0.6) is 0 Å². The molecule has 10 heteroatoms. The van der Waals surface area contributed by atoms with E-state index in [0.717, 1.165) is 41.4 Å². The highest BCUT2D eigenvalue weighted by atomic mass is 35.5. The van der Waals surface area contributed by atoms with Gasteiger partial charge in [0.2, 0.25) is 5.91 Å². The minimum Gasteiger partial charge on any atom is -0.337 e. The molecule has 218 valence electrons. The van der Waals surface area contributed by atoms with Gasteiger partial charge in [0, 0.05) is 44.1 Å². The first-order valence-corrected chi connectivity index (χ1v) is 17.0. The highest BCUT2D eigenvalue weighted by Crippen LogP contribution is 2.50. The van der Waals surface area contributed by atoms with E-state index in [4.69, 9.17) is 11.6 Å². The van der Waals surface area contributed by atoms with E-state index in [9.17, 15) is 13.4 Å². The summed E-state index contributed by atoms with van der Waals surface area (Å²) in [5, 5.41) is 1.66. The Bertz CT molecular complexity index is 1660. The Balaban J connectivity index is 1.33. The van der Waals surface area contributed by atoms with Gasteiger partial charge in [0.1, 0.15) is 22.6 Å². The lowest BCUT2D eigenvalue weighted by molar-refractivity contribution is -0.120. The fraction of sp³-hybridized carbons (Fsp3) is 0.312. The fourth-order valence-corrected chi connectivity index (χ4v) is 10.3. The van der Waals surface area contributed by atoms with Crippen molar-refractivity contribution < 1.29 is 13.4 Å². The molecule has 3 aromatic carbocycles. The molecule has 0 bridgehead atoms. The molecule has 1 aliphatic heterocycles. The van der Waals surface area contributed by atoms with E-state index in [0.29, 0.717) is 16.5 Å². The van der Waals surface area contributed by atoms with Crippen molar-refractivity contribution in [3.05, 3.63) is 107 Å². The number of imidazole rings is 1. The summed E-state index contributed by atoms with van der Waals surface area (Å²) in [6.45, 7) is 4.80. The number of benzene rings is 3. The monoisotopic (exact) mass is 622 g/mol. The molecule has 6 nitrogen and oxygen atoms in total. The number of nitrogens with zero attached hydrogens (tertiary/aromatic N) is 3. The third-order valence-electron chi connectivity index (χ3n) is 8.37. The quantitative estimate of drug-likeness (QED) is 0.226. The Morgan fingerprint density at radius 3 is 2.69 bits per heavy atom. The van der Waals surface area contributed by atoms with Gasteiger partial charge in [-0.3, -0.25) is 4.79 Å². The second-order valence-corrected chi connectivity index (χ2v) is 15.6. The maximum absolute atomic E-state index is 14.1. The fourth-order valence-electron chi connectivity index (χ4n) is 5.69. The maximum atomic E-state index is 14.1. The number of fused-ring (bicyclic) bond motifs is 1. The SMILES string of the molecule is Cn1ccnc1CN(C(=O)C1CC1c1ccc(F)cc1)c1ccc2c(c1)P(NS(=O)c1cccc(Cl)c1)CCC2(C)C. The van der Waals surface area contributed by atoms with Gasteiger partial charge in [-0.25, -0.2) is 18.1 Å². The van der Waals surface area contributed by atoms with Gasteiger partial charge < -0.3 is 9.47 Å². The molecule has 6 rings (SSSR count). The van der Waals surface area contributed by atoms with Crippen LogP contribution in [-0.4, -0.2) is 25.8 Å². The molecule has 42 heavy (non-hydrogen) atoms. The molecule has 0 radical (unpaired) electrons. The summed E-state index contributed by atoms with van der Waals surface area (Å²) < 4.78 is 32.2. The summed E-state index contributed by atoms with van der Waals surface area (Å²) in [4.78, 5) is 21.1. The van der Waals surface area contributed by atoms with E-state index in [-0.39, 0.29) is 29.0 Å². The molecule has 4 unspecified atom stereocenters. The number of hydrogen-bond donors (Lipinski definition) is 1. The topological polar surface area (TPSA) is 67.2 Å². The molecule has 0 spiro atoms. The number of aryl methyl sites for hydroxylation is 1. The lowest BCUT2D eigenvalue weighted by Gasteiger charge is -2.38. The van der Waals surface area contributed by atoms with Crippen LogP contribution >= 0.6 is 19.7 Å². The Morgan fingerprint density at radius 2 is 1.98 bits per heavy atom. The number of halogens is 2. The molecule has 1 aliphatic carbocycles. The summed E-state index contributed by atoms with van der Waals surface area (Å²) in [6, 6.07) is 19.8. The second-order valence-electron chi connectivity index (χ2n) is 11.7. The van der Waals surface area contributed by atoms with Crippen LogP contribution < -0.4 is 14.7 Å². The van der Waals surface area contributed by atoms with Gasteiger partial charge in [-0.05, 0) is 89.2 Å². The highest BCUT2D eigenvalue weighted by Gasteiger charge is 2.46. The molecule has 2 heterocycles. The van der Waals surface area contributed by atoms with Crippen LogP contribution in [0, 0.1) is 11.7 Å².